The molecule has 0 aromatic rings. The van der Waals surface area contributed by atoms with Crippen molar-refractivity contribution in [2.24, 2.45) is 22.3 Å². The summed E-state index contributed by atoms with van der Waals surface area (Å²) >= 11 is 0. The Morgan fingerprint density at radius 2 is 1.08 bits per heavy atom. The third-order valence-electron chi connectivity index (χ3n) is 2.60. The predicted molar refractivity (Wildman–Crippen MR) is 59.5 cm³/mol. The Balaban J connectivity index is 4.07. The Labute approximate surface area is 83.1 Å². The van der Waals surface area contributed by atoms with E-state index < -0.39 is 0 Å². The minimum Gasteiger partial charge on any atom is -0.330 e. The lowest BCUT2D eigenvalue weighted by molar-refractivity contribution is 0.177. The molecule has 0 aliphatic carbocycles. The second-order valence-electron chi connectivity index (χ2n) is 5.58. The molecular formula is C11H26N2. The van der Waals surface area contributed by atoms with Crippen LogP contribution in [-0.4, -0.2) is 13.1 Å². The molecule has 2 heteroatoms. The van der Waals surface area contributed by atoms with Crippen molar-refractivity contribution in [2.75, 3.05) is 13.1 Å². The molecule has 0 heterocycles. The van der Waals surface area contributed by atoms with Gasteiger partial charge in [-0.15, -0.1) is 0 Å². The maximum absolute atomic E-state index is 5.58. The summed E-state index contributed by atoms with van der Waals surface area (Å²) in [5.41, 5.74) is 11.9. The molecule has 0 bridgehead atoms. The fraction of sp³-hybridized carbons (Fsp3) is 1.00. The highest BCUT2D eigenvalue weighted by Crippen LogP contribution is 2.37. The zero-order valence-corrected chi connectivity index (χ0v) is 9.69. The van der Waals surface area contributed by atoms with E-state index in [2.05, 4.69) is 27.7 Å². The second-order valence-corrected chi connectivity index (χ2v) is 5.58. The van der Waals surface area contributed by atoms with Crippen molar-refractivity contribution in [1.29, 1.82) is 0 Å². The lowest BCUT2D eigenvalue weighted by atomic mass is 9.72. The number of nitrogens with two attached hydrogens (primary N) is 2. The maximum Gasteiger partial charge on any atom is -0.00722 e. The van der Waals surface area contributed by atoms with E-state index in [1.165, 1.54) is 6.42 Å². The van der Waals surface area contributed by atoms with Crippen LogP contribution in [0.15, 0.2) is 0 Å². The van der Waals surface area contributed by atoms with Gasteiger partial charge in [0, 0.05) is 0 Å². The van der Waals surface area contributed by atoms with E-state index in [1.807, 2.05) is 0 Å². The summed E-state index contributed by atoms with van der Waals surface area (Å²) < 4.78 is 0. The van der Waals surface area contributed by atoms with Crippen LogP contribution >= 0.6 is 0 Å². The Kier molecular flexibility index (Phi) is 4.93. The van der Waals surface area contributed by atoms with Gasteiger partial charge in [-0.2, -0.15) is 0 Å². The Bertz CT molecular complexity index is 123. The third-order valence-corrected chi connectivity index (χ3v) is 2.60. The molecule has 0 unspecified atom stereocenters. The lowest BCUT2D eigenvalue weighted by Gasteiger charge is -2.34. The molecule has 0 aromatic heterocycles. The van der Waals surface area contributed by atoms with Crippen LogP contribution < -0.4 is 11.5 Å². The number of rotatable bonds is 6. The third kappa shape index (κ3) is 6.05. The van der Waals surface area contributed by atoms with Crippen LogP contribution in [0, 0.1) is 10.8 Å². The van der Waals surface area contributed by atoms with Crippen LogP contribution in [0.1, 0.15) is 47.0 Å². The molecule has 0 fully saturated rings. The topological polar surface area (TPSA) is 52.0 Å². The van der Waals surface area contributed by atoms with Gasteiger partial charge in [0.1, 0.15) is 0 Å². The molecule has 0 rings (SSSR count). The van der Waals surface area contributed by atoms with E-state index in [4.69, 9.17) is 11.5 Å². The molecule has 0 saturated carbocycles. The average molecular weight is 186 g/mol. The monoisotopic (exact) mass is 186 g/mol. The zero-order valence-electron chi connectivity index (χ0n) is 9.69. The summed E-state index contributed by atoms with van der Waals surface area (Å²) in [6.45, 7) is 10.7. The smallest absolute Gasteiger partial charge is 0.00722 e. The van der Waals surface area contributed by atoms with Crippen molar-refractivity contribution in [2.45, 2.75) is 47.0 Å². The molecule has 0 atom stereocenters. The van der Waals surface area contributed by atoms with E-state index in [0.29, 0.717) is 10.8 Å². The highest BCUT2D eigenvalue weighted by atomic mass is 14.6. The van der Waals surface area contributed by atoms with Gasteiger partial charge in [0.15, 0.2) is 0 Å². The van der Waals surface area contributed by atoms with Gasteiger partial charge in [-0.1, -0.05) is 27.7 Å². The van der Waals surface area contributed by atoms with E-state index in [0.717, 1.165) is 25.9 Å². The number of hydrogen-bond acceptors (Lipinski definition) is 2. The second kappa shape index (κ2) is 4.97. The SMILES string of the molecule is CC(C)(CCN)CC(C)(C)CCN. The first kappa shape index (κ1) is 12.9. The molecule has 0 aliphatic heterocycles. The van der Waals surface area contributed by atoms with Gasteiger partial charge < -0.3 is 11.5 Å². The number of hydrogen-bond donors (Lipinski definition) is 2. The highest BCUT2D eigenvalue weighted by Gasteiger charge is 2.27. The first-order chi connectivity index (χ1) is 5.83. The molecule has 13 heavy (non-hydrogen) atoms. The molecule has 4 N–H and O–H groups in total. The molecular weight excluding hydrogens is 160 g/mol. The molecule has 0 radical (unpaired) electrons. The van der Waals surface area contributed by atoms with Crippen molar-refractivity contribution in [3.05, 3.63) is 0 Å². The van der Waals surface area contributed by atoms with E-state index in [1.54, 1.807) is 0 Å². The van der Waals surface area contributed by atoms with Gasteiger partial charge in [-0.3, -0.25) is 0 Å². The van der Waals surface area contributed by atoms with Crippen LogP contribution in [0.2, 0.25) is 0 Å². The predicted octanol–water partition coefficient (Wildman–Crippen LogP) is 2.13. The van der Waals surface area contributed by atoms with Gasteiger partial charge in [0.25, 0.3) is 0 Å². The van der Waals surface area contributed by atoms with Gasteiger partial charge >= 0.3 is 0 Å². The van der Waals surface area contributed by atoms with Crippen LogP contribution in [0.4, 0.5) is 0 Å². The molecule has 0 amide bonds. The zero-order chi connectivity index (χ0) is 10.5. The molecule has 2 nitrogen and oxygen atoms in total. The minimum atomic E-state index is 0.355. The largest absolute Gasteiger partial charge is 0.330 e. The van der Waals surface area contributed by atoms with Crippen LogP contribution in [0.5, 0.6) is 0 Å². The molecule has 80 valence electrons. The van der Waals surface area contributed by atoms with Crippen molar-refractivity contribution in [3.8, 4) is 0 Å². The van der Waals surface area contributed by atoms with E-state index >= 15 is 0 Å². The summed E-state index contributed by atoms with van der Waals surface area (Å²) in [5.74, 6) is 0. The summed E-state index contributed by atoms with van der Waals surface area (Å²) in [6, 6.07) is 0. The standard InChI is InChI=1S/C11H26N2/c1-10(2,5-7-12)9-11(3,4)6-8-13/h5-9,12-13H2,1-4H3. The van der Waals surface area contributed by atoms with Crippen LogP contribution in [0.3, 0.4) is 0 Å². The Morgan fingerprint density at radius 1 is 0.769 bits per heavy atom. The van der Waals surface area contributed by atoms with Crippen LogP contribution in [-0.2, 0) is 0 Å². The fourth-order valence-corrected chi connectivity index (χ4v) is 2.25. The quantitative estimate of drug-likeness (QED) is 0.667. The van der Waals surface area contributed by atoms with E-state index in [9.17, 15) is 0 Å². The molecule has 0 aromatic carbocycles. The summed E-state index contributed by atoms with van der Waals surface area (Å²) in [6.07, 6.45) is 3.40. The normalized spacial score (nSPS) is 13.4. The van der Waals surface area contributed by atoms with Gasteiger partial charge in [-0.25, -0.2) is 0 Å². The van der Waals surface area contributed by atoms with Crippen LogP contribution in [0.25, 0.3) is 0 Å². The molecule has 0 aliphatic rings. The van der Waals surface area contributed by atoms with Gasteiger partial charge in [-0.05, 0) is 43.2 Å². The first-order valence-corrected chi connectivity index (χ1v) is 5.23. The average Bonchev–Trinajstić information content (AvgIpc) is 1.82. The highest BCUT2D eigenvalue weighted by molar-refractivity contribution is 4.79. The Hall–Kier alpha value is -0.0800. The molecule has 0 spiro atoms. The van der Waals surface area contributed by atoms with Gasteiger partial charge in [0.05, 0.1) is 0 Å². The van der Waals surface area contributed by atoms with Crippen molar-refractivity contribution in [1.82, 2.24) is 0 Å². The van der Waals surface area contributed by atoms with Crippen molar-refractivity contribution >= 4 is 0 Å². The lowest BCUT2D eigenvalue weighted by Crippen LogP contribution is -2.27. The summed E-state index contributed by atoms with van der Waals surface area (Å²) in [5, 5.41) is 0. The van der Waals surface area contributed by atoms with Crippen molar-refractivity contribution in [3.63, 3.8) is 0 Å². The summed E-state index contributed by atoms with van der Waals surface area (Å²) in [4.78, 5) is 0. The van der Waals surface area contributed by atoms with Crippen molar-refractivity contribution < 1.29 is 0 Å². The van der Waals surface area contributed by atoms with Gasteiger partial charge in [0.2, 0.25) is 0 Å². The summed E-state index contributed by atoms with van der Waals surface area (Å²) in [7, 11) is 0. The first-order valence-electron chi connectivity index (χ1n) is 5.23. The maximum atomic E-state index is 5.58. The Morgan fingerprint density at radius 3 is 1.31 bits per heavy atom. The minimum absolute atomic E-state index is 0.355. The van der Waals surface area contributed by atoms with E-state index in [-0.39, 0.29) is 0 Å². The molecule has 0 saturated heterocycles. The fourth-order valence-electron chi connectivity index (χ4n) is 2.25.